The smallest absolute Gasteiger partial charge is 0.198 e. The first-order chi connectivity index (χ1) is 11.5. The summed E-state index contributed by atoms with van der Waals surface area (Å²) in [6, 6.07) is 4.69. The molecule has 0 N–H and O–H groups in total. The quantitative estimate of drug-likeness (QED) is 0.625. The topological polar surface area (TPSA) is 46.3 Å². The molecule has 0 amide bonds. The standard InChI is InChI=1S/C16H20FN5OS/c1-12(23)13-3-4-15(14(17)9-13)21-7-5-20(6-8-21)11-22-16(24)19(2)10-18-22/h3-4,9-10H,5-8,11H2,1-2H3. The molecule has 0 saturated carbocycles. The van der Waals surface area contributed by atoms with Crippen LogP contribution >= 0.6 is 12.2 Å². The number of carbonyl (C=O) groups is 1. The maximum Gasteiger partial charge on any atom is 0.198 e. The summed E-state index contributed by atoms with van der Waals surface area (Å²) in [5.74, 6) is -0.472. The van der Waals surface area contributed by atoms with Crippen LogP contribution in [0.15, 0.2) is 24.5 Å². The van der Waals surface area contributed by atoms with E-state index in [1.165, 1.54) is 13.0 Å². The summed E-state index contributed by atoms with van der Waals surface area (Å²) in [5.41, 5.74) is 0.952. The molecule has 1 aliphatic heterocycles. The van der Waals surface area contributed by atoms with Crippen molar-refractivity contribution in [2.45, 2.75) is 13.6 Å². The number of nitrogens with zero attached hydrogens (tertiary/aromatic N) is 5. The molecule has 0 unspecified atom stereocenters. The van der Waals surface area contributed by atoms with Crippen molar-refractivity contribution in [3.8, 4) is 0 Å². The first kappa shape index (κ1) is 16.8. The number of aromatic nitrogens is 3. The highest BCUT2D eigenvalue weighted by molar-refractivity contribution is 7.71. The van der Waals surface area contributed by atoms with Crippen molar-refractivity contribution in [2.24, 2.45) is 7.05 Å². The summed E-state index contributed by atoms with van der Waals surface area (Å²) in [6.07, 6.45) is 1.70. The second kappa shape index (κ2) is 6.82. The second-order valence-corrected chi connectivity index (χ2v) is 6.36. The zero-order valence-electron chi connectivity index (χ0n) is 13.8. The molecule has 2 heterocycles. The Bertz CT molecular complexity index is 807. The van der Waals surface area contributed by atoms with Crippen LogP contribution in [0.25, 0.3) is 0 Å². The number of hydrogen-bond donors (Lipinski definition) is 0. The van der Waals surface area contributed by atoms with Gasteiger partial charge >= 0.3 is 0 Å². The van der Waals surface area contributed by atoms with Gasteiger partial charge in [-0.15, -0.1) is 0 Å². The number of aryl methyl sites for hydroxylation is 1. The van der Waals surface area contributed by atoms with Gasteiger partial charge in [0.1, 0.15) is 12.1 Å². The molecule has 1 aromatic heterocycles. The van der Waals surface area contributed by atoms with Crippen LogP contribution in [-0.2, 0) is 13.7 Å². The molecule has 2 aromatic rings. The molecule has 1 saturated heterocycles. The lowest BCUT2D eigenvalue weighted by Crippen LogP contribution is -2.47. The third kappa shape index (κ3) is 3.39. The van der Waals surface area contributed by atoms with Gasteiger partial charge in [-0.3, -0.25) is 9.69 Å². The zero-order valence-corrected chi connectivity index (χ0v) is 14.6. The van der Waals surface area contributed by atoms with Gasteiger partial charge in [-0.05, 0) is 37.3 Å². The number of anilines is 1. The highest BCUT2D eigenvalue weighted by Crippen LogP contribution is 2.22. The van der Waals surface area contributed by atoms with Crippen LogP contribution in [0.4, 0.5) is 10.1 Å². The molecule has 6 nitrogen and oxygen atoms in total. The Hall–Kier alpha value is -2.06. The number of ketones is 1. The Balaban J connectivity index is 1.64. The molecule has 24 heavy (non-hydrogen) atoms. The van der Waals surface area contributed by atoms with Crippen molar-refractivity contribution in [1.82, 2.24) is 19.2 Å². The van der Waals surface area contributed by atoms with Gasteiger partial charge in [-0.2, -0.15) is 5.10 Å². The van der Waals surface area contributed by atoms with Crippen LogP contribution in [0.1, 0.15) is 17.3 Å². The number of rotatable bonds is 4. The molecule has 1 aliphatic rings. The molecule has 1 aromatic carbocycles. The van der Waals surface area contributed by atoms with Crippen molar-refractivity contribution < 1.29 is 9.18 Å². The number of halogens is 1. The van der Waals surface area contributed by atoms with Gasteiger partial charge in [0.15, 0.2) is 10.6 Å². The Kier molecular flexibility index (Phi) is 4.77. The van der Waals surface area contributed by atoms with Gasteiger partial charge in [0.2, 0.25) is 0 Å². The highest BCUT2D eigenvalue weighted by atomic mass is 32.1. The van der Waals surface area contributed by atoms with Crippen LogP contribution in [0.2, 0.25) is 0 Å². The lowest BCUT2D eigenvalue weighted by Gasteiger charge is -2.36. The minimum absolute atomic E-state index is 0.127. The predicted molar refractivity (Wildman–Crippen MR) is 92.2 cm³/mol. The van der Waals surface area contributed by atoms with Crippen molar-refractivity contribution >= 4 is 23.7 Å². The van der Waals surface area contributed by atoms with E-state index in [1.54, 1.807) is 27.7 Å². The van der Waals surface area contributed by atoms with E-state index in [2.05, 4.69) is 10.00 Å². The highest BCUT2D eigenvalue weighted by Gasteiger charge is 2.20. The molecule has 0 radical (unpaired) electrons. The first-order valence-corrected chi connectivity index (χ1v) is 8.23. The SMILES string of the molecule is CC(=O)c1ccc(N2CCN(Cn3ncn(C)c3=S)CC2)c(F)c1. The van der Waals surface area contributed by atoms with E-state index < -0.39 is 0 Å². The van der Waals surface area contributed by atoms with Gasteiger partial charge in [-0.1, -0.05) is 0 Å². The van der Waals surface area contributed by atoms with Crippen LogP contribution in [0.5, 0.6) is 0 Å². The third-order valence-corrected chi connectivity index (χ3v) is 4.79. The fourth-order valence-electron chi connectivity index (χ4n) is 2.82. The predicted octanol–water partition coefficient (Wildman–Crippen LogP) is 2.07. The van der Waals surface area contributed by atoms with E-state index >= 15 is 0 Å². The number of hydrogen-bond acceptors (Lipinski definition) is 5. The first-order valence-electron chi connectivity index (χ1n) is 7.82. The van der Waals surface area contributed by atoms with Crippen molar-refractivity contribution in [3.05, 3.63) is 40.7 Å². The van der Waals surface area contributed by atoms with E-state index in [9.17, 15) is 9.18 Å². The Morgan fingerprint density at radius 1 is 1.29 bits per heavy atom. The maximum atomic E-state index is 14.3. The molecule has 8 heteroatoms. The fourth-order valence-corrected chi connectivity index (χ4v) is 2.97. The average Bonchev–Trinajstić information content (AvgIpc) is 2.88. The molecule has 0 spiro atoms. The van der Waals surface area contributed by atoms with E-state index in [4.69, 9.17) is 12.2 Å². The van der Waals surface area contributed by atoms with Crippen LogP contribution in [0.3, 0.4) is 0 Å². The normalized spacial score (nSPS) is 15.7. The number of benzene rings is 1. The summed E-state index contributed by atoms with van der Waals surface area (Å²) in [4.78, 5) is 15.6. The maximum absolute atomic E-state index is 14.3. The average molecular weight is 349 g/mol. The monoisotopic (exact) mass is 349 g/mol. The minimum Gasteiger partial charge on any atom is -0.367 e. The van der Waals surface area contributed by atoms with Crippen molar-refractivity contribution in [1.29, 1.82) is 0 Å². The molecule has 0 bridgehead atoms. The second-order valence-electron chi connectivity index (χ2n) is 5.99. The van der Waals surface area contributed by atoms with Gasteiger partial charge in [0, 0.05) is 38.8 Å². The van der Waals surface area contributed by atoms with Gasteiger partial charge in [-0.25, -0.2) is 9.07 Å². The Morgan fingerprint density at radius 3 is 2.54 bits per heavy atom. The Morgan fingerprint density at radius 2 is 2.00 bits per heavy atom. The molecule has 0 atom stereocenters. The number of piperazine rings is 1. The van der Waals surface area contributed by atoms with Crippen LogP contribution in [-0.4, -0.2) is 51.2 Å². The molecule has 1 fully saturated rings. The Labute approximate surface area is 145 Å². The van der Waals surface area contributed by atoms with Gasteiger partial charge in [0.25, 0.3) is 0 Å². The van der Waals surface area contributed by atoms with E-state index in [0.717, 1.165) is 26.2 Å². The van der Waals surface area contributed by atoms with E-state index in [-0.39, 0.29) is 11.6 Å². The zero-order chi connectivity index (χ0) is 17.3. The summed E-state index contributed by atoms with van der Waals surface area (Å²) < 4.78 is 18.5. The largest absolute Gasteiger partial charge is 0.367 e. The molecule has 128 valence electrons. The fraction of sp³-hybridized carbons (Fsp3) is 0.438. The molecule has 3 rings (SSSR count). The number of carbonyl (C=O) groups excluding carboxylic acids is 1. The van der Waals surface area contributed by atoms with Crippen molar-refractivity contribution in [2.75, 3.05) is 31.1 Å². The number of Topliss-reactive ketones (excluding diaryl/α,β-unsaturated/α-hetero) is 1. The molecular weight excluding hydrogens is 329 g/mol. The van der Waals surface area contributed by atoms with Gasteiger partial charge in [0.05, 0.1) is 12.4 Å². The van der Waals surface area contributed by atoms with E-state index in [1.807, 2.05) is 11.9 Å². The summed E-state index contributed by atoms with van der Waals surface area (Å²) in [7, 11) is 1.87. The molecular formula is C16H20FN5OS. The minimum atomic E-state index is -0.344. The third-order valence-electron chi connectivity index (χ3n) is 4.29. The van der Waals surface area contributed by atoms with Crippen molar-refractivity contribution in [3.63, 3.8) is 0 Å². The van der Waals surface area contributed by atoms with Gasteiger partial charge < -0.3 is 9.47 Å². The van der Waals surface area contributed by atoms with Crippen LogP contribution < -0.4 is 4.90 Å². The van der Waals surface area contributed by atoms with Crippen LogP contribution in [0, 0.1) is 10.6 Å². The summed E-state index contributed by atoms with van der Waals surface area (Å²) in [5, 5.41) is 4.26. The summed E-state index contributed by atoms with van der Waals surface area (Å²) in [6.45, 7) is 5.11. The molecule has 0 aliphatic carbocycles. The van der Waals surface area contributed by atoms with E-state index in [0.29, 0.717) is 22.7 Å². The summed E-state index contributed by atoms with van der Waals surface area (Å²) >= 11 is 5.29. The lowest BCUT2D eigenvalue weighted by molar-refractivity contribution is 0.101. The lowest BCUT2D eigenvalue weighted by atomic mass is 10.1.